The topological polar surface area (TPSA) is 49.8 Å². The molecule has 0 amide bonds. The van der Waals surface area contributed by atoms with Crippen LogP contribution in [0.25, 0.3) is 0 Å². The fraction of sp³-hybridized carbons (Fsp3) is 0.312. The Balaban J connectivity index is 1.97. The highest BCUT2D eigenvalue weighted by atomic mass is 32.1. The van der Waals surface area contributed by atoms with Gasteiger partial charge in [-0.3, -0.25) is 0 Å². The van der Waals surface area contributed by atoms with Gasteiger partial charge in [0, 0.05) is 18.0 Å². The van der Waals surface area contributed by atoms with Gasteiger partial charge in [0.1, 0.15) is 11.3 Å². The van der Waals surface area contributed by atoms with Crippen molar-refractivity contribution >= 4 is 17.3 Å². The fourth-order valence-corrected chi connectivity index (χ4v) is 2.86. The molecule has 21 heavy (non-hydrogen) atoms. The molecule has 0 fully saturated rings. The Morgan fingerprint density at radius 1 is 1.38 bits per heavy atom. The molecule has 1 heterocycles. The highest BCUT2D eigenvalue weighted by molar-refractivity contribution is 7.09. The van der Waals surface area contributed by atoms with Crippen LogP contribution in [0.4, 0.5) is 0 Å². The molecule has 4 nitrogen and oxygen atoms in total. The maximum atomic E-state index is 11.1. The maximum absolute atomic E-state index is 11.1. The Morgan fingerprint density at radius 3 is 2.81 bits per heavy atom. The fourth-order valence-electron chi connectivity index (χ4n) is 2.16. The lowest BCUT2D eigenvalue weighted by molar-refractivity contribution is 0.0693. The molecule has 1 aromatic carbocycles. The third kappa shape index (κ3) is 4.31. The van der Waals surface area contributed by atoms with Crippen molar-refractivity contribution in [2.24, 2.45) is 0 Å². The third-order valence-corrected chi connectivity index (χ3v) is 4.21. The number of carbonyl (C=O) groups is 1. The predicted octanol–water partition coefficient (Wildman–Crippen LogP) is 3.13. The van der Waals surface area contributed by atoms with Crippen molar-refractivity contribution in [2.75, 3.05) is 20.7 Å². The van der Waals surface area contributed by atoms with Crippen LogP contribution >= 0.6 is 11.3 Å². The van der Waals surface area contributed by atoms with E-state index in [9.17, 15) is 4.79 Å². The van der Waals surface area contributed by atoms with E-state index in [1.165, 1.54) is 12.0 Å². The molecule has 0 saturated heterocycles. The summed E-state index contributed by atoms with van der Waals surface area (Å²) in [5.74, 6) is -0.559. The Bertz CT molecular complexity index is 596. The van der Waals surface area contributed by atoms with E-state index in [1.54, 1.807) is 23.5 Å². The van der Waals surface area contributed by atoms with Crippen LogP contribution in [0.5, 0.6) is 5.75 Å². The number of carboxylic acid groups (broad SMARTS) is 1. The van der Waals surface area contributed by atoms with Crippen LogP contribution in [0, 0.1) is 0 Å². The van der Waals surface area contributed by atoms with E-state index in [-0.39, 0.29) is 5.56 Å². The third-order valence-electron chi connectivity index (χ3n) is 3.27. The van der Waals surface area contributed by atoms with E-state index in [4.69, 9.17) is 9.84 Å². The number of rotatable bonds is 7. The maximum Gasteiger partial charge on any atom is 0.339 e. The predicted molar refractivity (Wildman–Crippen MR) is 84.3 cm³/mol. The van der Waals surface area contributed by atoms with E-state index in [2.05, 4.69) is 29.5 Å². The van der Waals surface area contributed by atoms with E-state index in [0.717, 1.165) is 25.1 Å². The summed E-state index contributed by atoms with van der Waals surface area (Å²) < 4.78 is 5.15. The van der Waals surface area contributed by atoms with Gasteiger partial charge < -0.3 is 14.7 Å². The molecule has 2 rings (SSSR count). The molecule has 0 unspecified atom stereocenters. The minimum atomic E-state index is -0.968. The zero-order valence-corrected chi connectivity index (χ0v) is 13.0. The van der Waals surface area contributed by atoms with Crippen molar-refractivity contribution in [1.29, 1.82) is 0 Å². The van der Waals surface area contributed by atoms with Crippen molar-refractivity contribution in [2.45, 2.75) is 13.0 Å². The number of thiophene rings is 1. The second kappa shape index (κ2) is 7.24. The lowest BCUT2D eigenvalue weighted by Crippen LogP contribution is -2.20. The first-order chi connectivity index (χ1) is 10.1. The highest BCUT2D eigenvalue weighted by Crippen LogP contribution is 2.21. The van der Waals surface area contributed by atoms with Gasteiger partial charge in [0.05, 0.1) is 7.11 Å². The van der Waals surface area contributed by atoms with Crippen LogP contribution in [0.3, 0.4) is 0 Å². The van der Waals surface area contributed by atoms with Gasteiger partial charge in [-0.15, -0.1) is 11.3 Å². The summed E-state index contributed by atoms with van der Waals surface area (Å²) in [6, 6.07) is 9.45. The summed E-state index contributed by atoms with van der Waals surface area (Å²) >= 11 is 1.77. The first kappa shape index (κ1) is 15.5. The average Bonchev–Trinajstić information content (AvgIpc) is 2.98. The van der Waals surface area contributed by atoms with Gasteiger partial charge in [0.25, 0.3) is 0 Å². The molecule has 0 spiro atoms. The molecule has 0 aliphatic carbocycles. The Labute approximate surface area is 128 Å². The van der Waals surface area contributed by atoms with Crippen molar-refractivity contribution in [3.63, 3.8) is 0 Å². The normalized spacial score (nSPS) is 10.8. The summed E-state index contributed by atoms with van der Waals surface area (Å²) in [5.41, 5.74) is 1.24. The van der Waals surface area contributed by atoms with Gasteiger partial charge >= 0.3 is 5.97 Å². The SMILES string of the molecule is COc1cc(CN(C)CCc2cccs2)ccc1C(=O)O. The molecule has 1 aromatic heterocycles. The average molecular weight is 305 g/mol. The number of likely N-dealkylation sites (N-methyl/N-ethyl adjacent to an activating group) is 1. The second-order valence-electron chi connectivity index (χ2n) is 4.91. The van der Waals surface area contributed by atoms with Gasteiger partial charge in [-0.25, -0.2) is 4.79 Å². The number of hydrogen-bond acceptors (Lipinski definition) is 4. The van der Waals surface area contributed by atoms with Gasteiger partial charge in [-0.05, 0) is 42.6 Å². The van der Waals surface area contributed by atoms with E-state index < -0.39 is 5.97 Å². The van der Waals surface area contributed by atoms with Crippen LogP contribution in [-0.4, -0.2) is 36.7 Å². The molecule has 2 aromatic rings. The zero-order chi connectivity index (χ0) is 15.2. The van der Waals surface area contributed by atoms with Crippen LogP contribution in [0.15, 0.2) is 35.7 Å². The molecular formula is C16H19NO3S. The molecule has 0 saturated carbocycles. The first-order valence-electron chi connectivity index (χ1n) is 6.71. The number of nitrogens with zero attached hydrogens (tertiary/aromatic N) is 1. The smallest absolute Gasteiger partial charge is 0.339 e. The summed E-state index contributed by atoms with van der Waals surface area (Å²) in [6.45, 7) is 1.73. The summed E-state index contributed by atoms with van der Waals surface area (Å²) in [5, 5.41) is 11.2. The van der Waals surface area contributed by atoms with Crippen LogP contribution in [-0.2, 0) is 13.0 Å². The molecule has 112 valence electrons. The molecule has 0 aliphatic rings. The van der Waals surface area contributed by atoms with Gasteiger partial charge in [-0.2, -0.15) is 0 Å². The lowest BCUT2D eigenvalue weighted by atomic mass is 10.1. The summed E-state index contributed by atoms with van der Waals surface area (Å²) in [6.07, 6.45) is 1.03. The summed E-state index contributed by atoms with van der Waals surface area (Å²) in [4.78, 5) is 14.7. The number of carboxylic acids is 1. The quantitative estimate of drug-likeness (QED) is 0.854. The van der Waals surface area contributed by atoms with Gasteiger partial charge in [-0.1, -0.05) is 12.1 Å². The zero-order valence-electron chi connectivity index (χ0n) is 12.2. The van der Waals surface area contributed by atoms with Crippen molar-refractivity contribution in [3.8, 4) is 5.75 Å². The van der Waals surface area contributed by atoms with Gasteiger partial charge in [0.2, 0.25) is 0 Å². The van der Waals surface area contributed by atoms with Gasteiger partial charge in [0.15, 0.2) is 0 Å². The highest BCUT2D eigenvalue weighted by Gasteiger charge is 2.12. The number of ether oxygens (including phenoxy) is 1. The first-order valence-corrected chi connectivity index (χ1v) is 7.59. The molecule has 0 atom stereocenters. The van der Waals surface area contributed by atoms with Crippen LogP contribution < -0.4 is 4.74 Å². The summed E-state index contributed by atoms with van der Waals surface area (Å²) in [7, 11) is 3.55. The number of aromatic carboxylic acids is 1. The largest absolute Gasteiger partial charge is 0.496 e. The molecule has 0 bridgehead atoms. The van der Waals surface area contributed by atoms with Crippen LogP contribution in [0.1, 0.15) is 20.8 Å². The molecular weight excluding hydrogens is 286 g/mol. The second-order valence-corrected chi connectivity index (χ2v) is 5.94. The van der Waals surface area contributed by atoms with Crippen molar-refractivity contribution < 1.29 is 14.6 Å². The molecule has 1 N–H and O–H groups in total. The Hall–Kier alpha value is -1.85. The molecule has 5 heteroatoms. The van der Waals surface area contributed by atoms with E-state index in [0.29, 0.717) is 5.75 Å². The van der Waals surface area contributed by atoms with Crippen molar-refractivity contribution in [3.05, 3.63) is 51.7 Å². The lowest BCUT2D eigenvalue weighted by Gasteiger charge is -2.17. The molecule has 0 aliphatic heterocycles. The monoisotopic (exact) mass is 305 g/mol. The van der Waals surface area contributed by atoms with E-state index in [1.807, 2.05) is 6.07 Å². The van der Waals surface area contributed by atoms with E-state index >= 15 is 0 Å². The Kier molecular flexibility index (Phi) is 5.36. The standard InChI is InChI=1S/C16H19NO3S/c1-17(8-7-13-4-3-9-21-13)11-12-5-6-14(16(18)19)15(10-12)20-2/h3-6,9-10H,7-8,11H2,1-2H3,(H,18,19). The number of methoxy groups -OCH3 is 1. The minimum Gasteiger partial charge on any atom is -0.496 e. The van der Waals surface area contributed by atoms with Crippen LogP contribution in [0.2, 0.25) is 0 Å². The minimum absolute atomic E-state index is 0.197. The number of benzene rings is 1. The van der Waals surface area contributed by atoms with Crippen molar-refractivity contribution in [1.82, 2.24) is 4.90 Å². The number of hydrogen-bond donors (Lipinski definition) is 1. The molecule has 0 radical (unpaired) electrons. The Morgan fingerprint density at radius 2 is 2.19 bits per heavy atom.